The number of esters is 2. The number of hydrogen-bond acceptors (Lipinski definition) is 5. The van der Waals surface area contributed by atoms with Crippen LogP contribution in [-0.4, -0.2) is 29.3 Å². The van der Waals surface area contributed by atoms with Gasteiger partial charge in [-0.2, -0.15) is 0 Å². The zero-order valence-corrected chi connectivity index (χ0v) is 9.39. The summed E-state index contributed by atoms with van der Waals surface area (Å²) in [6, 6.07) is 0. The van der Waals surface area contributed by atoms with Crippen LogP contribution in [0, 0.1) is 0 Å². The summed E-state index contributed by atoms with van der Waals surface area (Å²) in [6.07, 6.45) is 0.942. The van der Waals surface area contributed by atoms with E-state index >= 15 is 0 Å². The molecule has 2 aliphatic rings. The van der Waals surface area contributed by atoms with Crippen molar-refractivity contribution in [3.05, 3.63) is 22.3 Å². The molecule has 0 saturated carbocycles. The maximum atomic E-state index is 11.4. The molecule has 1 N–H and O–H groups in total. The monoisotopic (exact) mass is 250 g/mol. The van der Waals surface area contributed by atoms with Gasteiger partial charge in [-0.1, -0.05) is 0 Å². The molecule has 0 bridgehead atoms. The molecule has 94 valence electrons. The fraction of sp³-hybridized carbons (Fsp3) is 0.333. The summed E-state index contributed by atoms with van der Waals surface area (Å²) >= 11 is 0. The number of aliphatic carboxylic acids is 1. The Morgan fingerprint density at radius 1 is 1.06 bits per heavy atom. The summed E-state index contributed by atoms with van der Waals surface area (Å²) in [5, 5.41) is 9.00. The first-order valence-corrected chi connectivity index (χ1v) is 5.43. The normalized spacial score (nSPS) is 24.2. The Labute approximate surface area is 102 Å². The van der Waals surface area contributed by atoms with Gasteiger partial charge in [-0.15, -0.1) is 0 Å². The zero-order valence-electron chi connectivity index (χ0n) is 9.39. The number of ether oxygens (including phenoxy) is 1. The summed E-state index contributed by atoms with van der Waals surface area (Å²) in [6.45, 7) is 0. The second kappa shape index (κ2) is 4.56. The Morgan fingerprint density at radius 2 is 1.61 bits per heavy atom. The molecule has 2 rings (SSSR count). The van der Waals surface area contributed by atoms with Crippen LogP contribution in [0.4, 0.5) is 0 Å². The van der Waals surface area contributed by atoms with Crippen LogP contribution < -0.4 is 0 Å². The largest absolute Gasteiger partial charge is 0.478 e. The van der Waals surface area contributed by atoms with E-state index in [1.165, 1.54) is 0 Å². The summed E-state index contributed by atoms with van der Waals surface area (Å²) in [5.41, 5.74) is 0.678. The lowest BCUT2D eigenvalue weighted by molar-refractivity contribution is -0.151. The van der Waals surface area contributed by atoms with Crippen molar-refractivity contribution in [2.75, 3.05) is 0 Å². The van der Waals surface area contributed by atoms with E-state index in [1.54, 1.807) is 0 Å². The molecule has 0 fully saturated rings. The van der Waals surface area contributed by atoms with E-state index in [0.29, 0.717) is 6.29 Å². The molecule has 0 aromatic heterocycles. The molecule has 0 saturated heterocycles. The van der Waals surface area contributed by atoms with E-state index in [4.69, 9.17) is 5.11 Å². The maximum absolute atomic E-state index is 11.4. The number of cyclic esters (lactones) is 2. The molecule has 0 aromatic rings. The van der Waals surface area contributed by atoms with Crippen LogP contribution in [0.2, 0.25) is 0 Å². The molecule has 0 aromatic carbocycles. The van der Waals surface area contributed by atoms with E-state index in [0.717, 1.165) is 0 Å². The minimum atomic E-state index is -1.17. The highest BCUT2D eigenvalue weighted by Crippen LogP contribution is 2.31. The number of carboxylic acids is 1. The van der Waals surface area contributed by atoms with E-state index in [9.17, 15) is 19.2 Å². The molecule has 1 aliphatic heterocycles. The average molecular weight is 250 g/mol. The molecule has 0 radical (unpaired) electrons. The first-order chi connectivity index (χ1) is 8.54. The van der Waals surface area contributed by atoms with Crippen molar-refractivity contribution in [3.8, 4) is 0 Å². The number of rotatable bonds is 2. The van der Waals surface area contributed by atoms with Gasteiger partial charge in [0.1, 0.15) is 6.29 Å². The van der Waals surface area contributed by atoms with Crippen molar-refractivity contribution >= 4 is 24.2 Å². The van der Waals surface area contributed by atoms with E-state index < -0.39 is 17.9 Å². The fourth-order valence-electron chi connectivity index (χ4n) is 2.16. The van der Waals surface area contributed by atoms with E-state index in [2.05, 4.69) is 4.74 Å². The number of carbonyl (C=O) groups excluding carboxylic acids is 3. The minimum Gasteiger partial charge on any atom is -0.478 e. The summed E-state index contributed by atoms with van der Waals surface area (Å²) in [4.78, 5) is 44.6. The minimum absolute atomic E-state index is 0.00342. The smallest absolute Gasteiger partial charge is 0.342 e. The first-order valence-electron chi connectivity index (χ1n) is 5.43. The van der Waals surface area contributed by atoms with Crippen molar-refractivity contribution in [1.82, 2.24) is 0 Å². The lowest BCUT2D eigenvalue weighted by Gasteiger charge is -2.11. The van der Waals surface area contributed by atoms with Crippen molar-refractivity contribution in [2.45, 2.75) is 25.7 Å². The third-order valence-electron chi connectivity index (χ3n) is 3.10. The Hall–Kier alpha value is -2.24. The van der Waals surface area contributed by atoms with Gasteiger partial charge in [0.25, 0.3) is 0 Å². The van der Waals surface area contributed by atoms with Gasteiger partial charge < -0.3 is 9.84 Å². The Morgan fingerprint density at radius 3 is 2.11 bits per heavy atom. The fourth-order valence-corrected chi connectivity index (χ4v) is 2.16. The van der Waals surface area contributed by atoms with Gasteiger partial charge in [0.15, 0.2) is 0 Å². The van der Waals surface area contributed by atoms with Crippen molar-refractivity contribution in [2.24, 2.45) is 0 Å². The lowest BCUT2D eigenvalue weighted by atomic mass is 9.90. The van der Waals surface area contributed by atoms with Crippen molar-refractivity contribution in [3.63, 3.8) is 0 Å². The van der Waals surface area contributed by atoms with Gasteiger partial charge >= 0.3 is 17.9 Å². The Balaban J connectivity index is 2.34. The van der Waals surface area contributed by atoms with Gasteiger partial charge in [-0.25, -0.2) is 14.4 Å². The lowest BCUT2D eigenvalue weighted by Crippen LogP contribution is -2.10. The number of carboxylic acid groups (broad SMARTS) is 1. The van der Waals surface area contributed by atoms with Crippen LogP contribution in [0.5, 0.6) is 0 Å². The molecule has 1 heterocycles. The predicted molar refractivity (Wildman–Crippen MR) is 57.3 cm³/mol. The van der Waals surface area contributed by atoms with Crippen LogP contribution in [0.15, 0.2) is 22.3 Å². The van der Waals surface area contributed by atoms with Gasteiger partial charge in [0, 0.05) is 22.3 Å². The van der Waals surface area contributed by atoms with Crippen LogP contribution in [0.25, 0.3) is 0 Å². The third kappa shape index (κ3) is 1.97. The predicted octanol–water partition coefficient (Wildman–Crippen LogP) is 0.520. The highest BCUT2D eigenvalue weighted by atomic mass is 16.6. The van der Waals surface area contributed by atoms with E-state index in [1.807, 2.05) is 0 Å². The number of hydrogen-bond donors (Lipinski definition) is 1. The summed E-state index contributed by atoms with van der Waals surface area (Å²) < 4.78 is 4.48. The van der Waals surface area contributed by atoms with Gasteiger partial charge in [0.05, 0.1) is 0 Å². The highest BCUT2D eigenvalue weighted by Gasteiger charge is 2.34. The second-order valence-corrected chi connectivity index (χ2v) is 4.06. The summed E-state index contributed by atoms with van der Waals surface area (Å²) in [7, 11) is 0. The van der Waals surface area contributed by atoms with Gasteiger partial charge in [-0.05, 0) is 25.7 Å². The average Bonchev–Trinajstić information content (AvgIpc) is 2.52. The molecular weight excluding hydrogens is 240 g/mol. The van der Waals surface area contributed by atoms with Crippen LogP contribution in [0.1, 0.15) is 25.7 Å². The molecular formula is C12H10O6. The molecule has 18 heavy (non-hydrogen) atoms. The molecule has 0 unspecified atom stereocenters. The topological polar surface area (TPSA) is 97.7 Å². The third-order valence-corrected chi connectivity index (χ3v) is 3.10. The first kappa shape index (κ1) is 12.2. The number of carbonyl (C=O) groups is 4. The number of aldehydes is 1. The van der Waals surface area contributed by atoms with Crippen molar-refractivity contribution in [1.29, 1.82) is 0 Å². The highest BCUT2D eigenvalue weighted by molar-refractivity contribution is 6.12. The standard InChI is InChI=1S/C12H10O6/c13-5-6-1-2-8-9(12(17)18-11(8)16)4-3-7(6)10(14)15/h5H,1-4H2,(H,14,15)/b7-6-. The SMILES string of the molecule is O=C/C1=C(\C(=O)O)CCC2=C(CC1)C(=O)OC2=O. The van der Waals surface area contributed by atoms with Crippen LogP contribution in [0.3, 0.4) is 0 Å². The maximum Gasteiger partial charge on any atom is 0.342 e. The Kier molecular flexibility index (Phi) is 3.10. The van der Waals surface area contributed by atoms with Crippen LogP contribution in [-0.2, 0) is 23.9 Å². The van der Waals surface area contributed by atoms with Gasteiger partial charge in [-0.3, -0.25) is 4.79 Å². The van der Waals surface area contributed by atoms with Crippen LogP contribution >= 0.6 is 0 Å². The second-order valence-electron chi connectivity index (χ2n) is 4.06. The quantitative estimate of drug-likeness (QED) is 0.436. The van der Waals surface area contributed by atoms with E-state index in [-0.39, 0.29) is 48.0 Å². The molecule has 6 nitrogen and oxygen atoms in total. The number of allylic oxidation sites excluding steroid dienone is 1. The molecule has 0 amide bonds. The van der Waals surface area contributed by atoms with Gasteiger partial charge in [0.2, 0.25) is 0 Å². The van der Waals surface area contributed by atoms with Crippen molar-refractivity contribution < 1.29 is 29.0 Å². The zero-order chi connectivity index (χ0) is 13.3. The molecule has 6 heteroatoms. The Bertz CT molecular complexity index is 521. The molecule has 0 spiro atoms. The molecule has 0 atom stereocenters. The summed E-state index contributed by atoms with van der Waals surface area (Å²) in [5.74, 6) is -2.55. The molecule has 1 aliphatic carbocycles.